The minimum Gasteiger partial charge on any atom is -0.392 e. The standard InChI is InChI=1S/C8H19N3O3S/c1-7(12)8(9)6-10-15(13,14)11-4-2-3-5-11/h7-8,10,12H,2-6,9H2,1H3. The Balaban J connectivity index is 2.42. The van der Waals surface area contributed by atoms with Crippen LogP contribution in [-0.2, 0) is 10.2 Å². The minimum absolute atomic E-state index is 0.0660. The molecule has 6 nitrogen and oxygen atoms in total. The van der Waals surface area contributed by atoms with Gasteiger partial charge in [0, 0.05) is 25.7 Å². The molecule has 0 spiro atoms. The molecule has 0 amide bonds. The molecule has 0 aliphatic carbocycles. The highest BCUT2D eigenvalue weighted by molar-refractivity contribution is 7.87. The van der Waals surface area contributed by atoms with E-state index in [-0.39, 0.29) is 6.54 Å². The van der Waals surface area contributed by atoms with Gasteiger partial charge < -0.3 is 10.8 Å². The number of aliphatic hydroxyl groups is 1. The summed E-state index contributed by atoms with van der Waals surface area (Å²) in [5.74, 6) is 0. The molecule has 2 atom stereocenters. The van der Waals surface area contributed by atoms with E-state index in [9.17, 15) is 8.42 Å². The van der Waals surface area contributed by atoms with Gasteiger partial charge in [-0.1, -0.05) is 0 Å². The van der Waals surface area contributed by atoms with Gasteiger partial charge in [-0.3, -0.25) is 0 Å². The van der Waals surface area contributed by atoms with E-state index < -0.39 is 22.4 Å². The summed E-state index contributed by atoms with van der Waals surface area (Å²) >= 11 is 0. The van der Waals surface area contributed by atoms with Gasteiger partial charge in [0.25, 0.3) is 10.2 Å². The normalized spacial score (nSPS) is 22.9. The van der Waals surface area contributed by atoms with Crippen LogP contribution >= 0.6 is 0 Å². The van der Waals surface area contributed by atoms with Crippen molar-refractivity contribution in [2.24, 2.45) is 5.73 Å². The SMILES string of the molecule is CC(O)C(N)CNS(=O)(=O)N1CCCC1. The van der Waals surface area contributed by atoms with E-state index in [0.29, 0.717) is 13.1 Å². The fourth-order valence-corrected chi connectivity index (χ4v) is 2.72. The molecule has 1 fully saturated rings. The fraction of sp³-hybridized carbons (Fsp3) is 1.00. The average molecular weight is 237 g/mol. The first-order valence-electron chi connectivity index (χ1n) is 5.12. The second-order valence-corrected chi connectivity index (χ2v) is 5.62. The number of hydrogen-bond acceptors (Lipinski definition) is 4. The Morgan fingerprint density at radius 1 is 1.47 bits per heavy atom. The lowest BCUT2D eigenvalue weighted by Gasteiger charge is -2.19. The molecule has 1 aliphatic heterocycles. The first kappa shape index (κ1) is 12.9. The van der Waals surface area contributed by atoms with Crippen LogP contribution in [0.15, 0.2) is 0 Å². The van der Waals surface area contributed by atoms with Crippen molar-refractivity contribution in [2.45, 2.75) is 31.9 Å². The molecule has 0 saturated carbocycles. The maximum absolute atomic E-state index is 11.6. The zero-order valence-electron chi connectivity index (χ0n) is 8.89. The van der Waals surface area contributed by atoms with E-state index in [1.54, 1.807) is 0 Å². The van der Waals surface area contributed by atoms with Crippen molar-refractivity contribution in [1.29, 1.82) is 0 Å². The molecule has 0 aromatic carbocycles. The topological polar surface area (TPSA) is 95.7 Å². The minimum atomic E-state index is -3.40. The number of nitrogens with one attached hydrogen (secondary N) is 1. The lowest BCUT2D eigenvalue weighted by molar-refractivity contribution is 0.164. The first-order valence-corrected chi connectivity index (χ1v) is 6.56. The van der Waals surface area contributed by atoms with E-state index in [2.05, 4.69) is 4.72 Å². The van der Waals surface area contributed by atoms with Crippen LogP contribution in [0.2, 0.25) is 0 Å². The molecule has 4 N–H and O–H groups in total. The van der Waals surface area contributed by atoms with Crippen LogP contribution in [0.4, 0.5) is 0 Å². The van der Waals surface area contributed by atoms with Crippen molar-refractivity contribution < 1.29 is 13.5 Å². The Morgan fingerprint density at radius 3 is 2.47 bits per heavy atom. The quantitative estimate of drug-likeness (QED) is 0.549. The van der Waals surface area contributed by atoms with Crippen molar-refractivity contribution in [2.75, 3.05) is 19.6 Å². The van der Waals surface area contributed by atoms with Crippen molar-refractivity contribution in [1.82, 2.24) is 9.03 Å². The van der Waals surface area contributed by atoms with Gasteiger partial charge in [-0.2, -0.15) is 12.7 Å². The summed E-state index contributed by atoms with van der Waals surface area (Å²) in [6.07, 6.45) is 1.10. The molecular weight excluding hydrogens is 218 g/mol. The number of aliphatic hydroxyl groups excluding tert-OH is 1. The van der Waals surface area contributed by atoms with Gasteiger partial charge >= 0.3 is 0 Å². The summed E-state index contributed by atoms with van der Waals surface area (Å²) in [7, 11) is -3.40. The molecule has 7 heteroatoms. The summed E-state index contributed by atoms with van der Waals surface area (Å²) in [6, 6.07) is -0.567. The van der Waals surface area contributed by atoms with Gasteiger partial charge in [0.05, 0.1) is 6.10 Å². The lowest BCUT2D eigenvalue weighted by atomic mass is 10.2. The van der Waals surface area contributed by atoms with Gasteiger partial charge in [0.1, 0.15) is 0 Å². The Bertz CT molecular complexity index is 286. The number of hydrogen-bond donors (Lipinski definition) is 3. The highest BCUT2D eigenvalue weighted by Gasteiger charge is 2.25. The van der Waals surface area contributed by atoms with Gasteiger partial charge in [-0.05, 0) is 19.8 Å². The van der Waals surface area contributed by atoms with Crippen LogP contribution in [0.5, 0.6) is 0 Å². The maximum atomic E-state index is 11.6. The molecule has 90 valence electrons. The molecule has 1 saturated heterocycles. The first-order chi connectivity index (χ1) is 6.93. The summed E-state index contributed by atoms with van der Waals surface area (Å²) in [5, 5.41) is 9.11. The van der Waals surface area contributed by atoms with Crippen LogP contribution in [0.25, 0.3) is 0 Å². The van der Waals surface area contributed by atoms with E-state index >= 15 is 0 Å². The van der Waals surface area contributed by atoms with Crippen LogP contribution in [0, 0.1) is 0 Å². The van der Waals surface area contributed by atoms with E-state index in [1.807, 2.05) is 0 Å². The van der Waals surface area contributed by atoms with Crippen molar-refractivity contribution in [3.05, 3.63) is 0 Å². The van der Waals surface area contributed by atoms with Crippen molar-refractivity contribution >= 4 is 10.2 Å². The molecule has 2 unspecified atom stereocenters. The van der Waals surface area contributed by atoms with Gasteiger partial charge in [-0.25, -0.2) is 4.72 Å². The second kappa shape index (κ2) is 5.22. The number of rotatable bonds is 5. The van der Waals surface area contributed by atoms with Crippen molar-refractivity contribution in [3.8, 4) is 0 Å². The Kier molecular flexibility index (Phi) is 4.47. The van der Waals surface area contributed by atoms with Crippen LogP contribution in [-0.4, -0.2) is 49.6 Å². The third kappa shape index (κ3) is 3.69. The smallest absolute Gasteiger partial charge is 0.279 e. The van der Waals surface area contributed by atoms with E-state index in [0.717, 1.165) is 12.8 Å². The van der Waals surface area contributed by atoms with Gasteiger partial charge in [-0.15, -0.1) is 0 Å². The predicted molar refractivity (Wildman–Crippen MR) is 57.4 cm³/mol. The van der Waals surface area contributed by atoms with Crippen LogP contribution < -0.4 is 10.5 Å². The third-order valence-electron chi connectivity index (χ3n) is 2.53. The van der Waals surface area contributed by atoms with E-state index in [1.165, 1.54) is 11.2 Å². The molecule has 0 bridgehead atoms. The summed E-state index contributed by atoms with van der Waals surface area (Å²) in [5.41, 5.74) is 5.53. The predicted octanol–water partition coefficient (Wildman–Crippen LogP) is -1.38. The van der Waals surface area contributed by atoms with Gasteiger partial charge in [0.2, 0.25) is 0 Å². The summed E-state index contributed by atoms with van der Waals surface area (Å²) in [6.45, 7) is 2.74. The monoisotopic (exact) mass is 237 g/mol. The Hall–Kier alpha value is -0.210. The molecule has 1 aliphatic rings. The Labute approximate surface area is 90.6 Å². The zero-order valence-corrected chi connectivity index (χ0v) is 9.70. The highest BCUT2D eigenvalue weighted by atomic mass is 32.2. The largest absolute Gasteiger partial charge is 0.392 e. The van der Waals surface area contributed by atoms with Gasteiger partial charge in [0.15, 0.2) is 0 Å². The lowest BCUT2D eigenvalue weighted by Crippen LogP contribution is -2.47. The van der Waals surface area contributed by atoms with Crippen LogP contribution in [0.3, 0.4) is 0 Å². The van der Waals surface area contributed by atoms with Crippen LogP contribution in [0.1, 0.15) is 19.8 Å². The molecule has 1 heterocycles. The molecule has 15 heavy (non-hydrogen) atoms. The molecular formula is C8H19N3O3S. The molecule has 0 radical (unpaired) electrons. The molecule has 0 aromatic heterocycles. The number of nitrogens with zero attached hydrogens (tertiary/aromatic N) is 1. The maximum Gasteiger partial charge on any atom is 0.279 e. The second-order valence-electron chi connectivity index (χ2n) is 3.86. The zero-order chi connectivity index (χ0) is 11.5. The third-order valence-corrected chi connectivity index (χ3v) is 4.10. The highest BCUT2D eigenvalue weighted by Crippen LogP contribution is 2.10. The summed E-state index contributed by atoms with van der Waals surface area (Å²) in [4.78, 5) is 0. The molecule has 1 rings (SSSR count). The summed E-state index contributed by atoms with van der Waals surface area (Å²) < 4.78 is 27.1. The molecule has 0 aromatic rings. The number of nitrogens with two attached hydrogens (primary N) is 1. The fourth-order valence-electron chi connectivity index (χ4n) is 1.39. The van der Waals surface area contributed by atoms with E-state index in [4.69, 9.17) is 10.8 Å². The van der Waals surface area contributed by atoms with Crippen molar-refractivity contribution in [3.63, 3.8) is 0 Å². The Morgan fingerprint density at radius 2 is 2.00 bits per heavy atom. The average Bonchev–Trinajstić information content (AvgIpc) is 2.67.